The highest BCUT2D eigenvalue weighted by Crippen LogP contribution is 2.47. The second kappa shape index (κ2) is 12.3. The predicted octanol–water partition coefficient (Wildman–Crippen LogP) is 5.76. The summed E-state index contributed by atoms with van der Waals surface area (Å²) in [7, 11) is 5.00. The first kappa shape index (κ1) is 23.8. The average molecular weight is 388 g/mol. The quantitative estimate of drug-likeness (QED) is 0.708. The molecule has 1 N–H and O–H groups in total. The van der Waals surface area contributed by atoms with E-state index in [1.54, 1.807) is 21.3 Å². The van der Waals surface area contributed by atoms with Gasteiger partial charge in [-0.15, -0.1) is 0 Å². The zero-order chi connectivity index (χ0) is 21.1. The van der Waals surface area contributed by atoms with Crippen molar-refractivity contribution in [2.75, 3.05) is 27.9 Å². The van der Waals surface area contributed by atoms with Gasteiger partial charge in [-0.25, -0.2) is 0 Å². The van der Waals surface area contributed by atoms with Gasteiger partial charge in [0.05, 0.1) is 21.3 Å². The van der Waals surface area contributed by atoms with E-state index in [2.05, 4.69) is 48.6 Å². The number of benzene rings is 2. The molecule has 1 heterocycles. The van der Waals surface area contributed by atoms with E-state index in [0.717, 1.165) is 18.7 Å². The molecular formula is C24H37NO3. The van der Waals surface area contributed by atoms with Crippen molar-refractivity contribution in [3.8, 4) is 17.2 Å². The third kappa shape index (κ3) is 4.99. The van der Waals surface area contributed by atoms with Crippen LogP contribution in [0.3, 0.4) is 0 Å². The molecule has 0 fully saturated rings. The van der Waals surface area contributed by atoms with Gasteiger partial charge in [0.2, 0.25) is 5.75 Å². The van der Waals surface area contributed by atoms with Gasteiger partial charge in [0.1, 0.15) is 0 Å². The highest BCUT2D eigenvalue weighted by atomic mass is 16.5. The monoisotopic (exact) mass is 387 g/mol. The molecule has 0 saturated carbocycles. The summed E-state index contributed by atoms with van der Waals surface area (Å²) in [5.74, 6) is 2.51. The first-order chi connectivity index (χ1) is 13.7. The van der Waals surface area contributed by atoms with Crippen LogP contribution in [0.15, 0.2) is 36.4 Å². The van der Waals surface area contributed by atoms with Gasteiger partial charge in [-0.2, -0.15) is 0 Å². The minimum atomic E-state index is 0.213. The maximum absolute atomic E-state index is 5.68. The van der Waals surface area contributed by atoms with Gasteiger partial charge in [0.15, 0.2) is 11.5 Å². The van der Waals surface area contributed by atoms with Crippen LogP contribution in [0.4, 0.5) is 0 Å². The van der Waals surface area contributed by atoms with Gasteiger partial charge in [0, 0.05) is 17.5 Å². The van der Waals surface area contributed by atoms with Crippen LogP contribution in [0, 0.1) is 0 Å². The zero-order valence-electron chi connectivity index (χ0n) is 18.8. The van der Waals surface area contributed by atoms with E-state index in [-0.39, 0.29) is 6.04 Å². The topological polar surface area (TPSA) is 39.7 Å². The molecule has 1 aliphatic rings. The number of rotatable bonds is 5. The number of hydrogen-bond acceptors (Lipinski definition) is 4. The lowest BCUT2D eigenvalue weighted by Crippen LogP contribution is -2.33. The van der Waals surface area contributed by atoms with Gasteiger partial charge >= 0.3 is 0 Å². The first-order valence-electron chi connectivity index (χ1n) is 10.3. The summed E-state index contributed by atoms with van der Waals surface area (Å²) >= 11 is 0. The van der Waals surface area contributed by atoms with Crippen LogP contribution in [0.1, 0.15) is 63.3 Å². The van der Waals surface area contributed by atoms with E-state index in [4.69, 9.17) is 14.2 Å². The van der Waals surface area contributed by atoms with Crippen LogP contribution in [-0.2, 0) is 6.42 Å². The van der Waals surface area contributed by atoms with Gasteiger partial charge in [-0.3, -0.25) is 0 Å². The summed E-state index contributed by atoms with van der Waals surface area (Å²) < 4.78 is 16.8. The lowest BCUT2D eigenvalue weighted by Gasteiger charge is -2.33. The van der Waals surface area contributed by atoms with Gasteiger partial charge in [-0.1, -0.05) is 65.0 Å². The molecule has 0 amide bonds. The smallest absolute Gasteiger partial charge is 0.203 e. The predicted molar refractivity (Wildman–Crippen MR) is 118 cm³/mol. The molecule has 2 aromatic carbocycles. The van der Waals surface area contributed by atoms with Crippen LogP contribution in [-0.4, -0.2) is 27.9 Å². The van der Waals surface area contributed by atoms with Crippen molar-refractivity contribution in [2.45, 2.75) is 53.0 Å². The van der Waals surface area contributed by atoms with E-state index in [1.165, 1.54) is 16.7 Å². The molecule has 4 nitrogen and oxygen atoms in total. The van der Waals surface area contributed by atoms with Crippen molar-refractivity contribution < 1.29 is 14.2 Å². The second-order valence-electron chi connectivity index (χ2n) is 6.09. The number of ether oxygens (including phenoxy) is 3. The fraction of sp³-hybridized carbons (Fsp3) is 0.500. The fourth-order valence-corrected chi connectivity index (χ4v) is 3.63. The van der Waals surface area contributed by atoms with E-state index >= 15 is 0 Å². The summed E-state index contributed by atoms with van der Waals surface area (Å²) in [5, 5.41) is 3.66. The Morgan fingerprint density at radius 1 is 0.893 bits per heavy atom. The van der Waals surface area contributed by atoms with Gasteiger partial charge in [-0.05, 0) is 30.2 Å². The number of methoxy groups -OCH3 is 3. The third-order valence-electron chi connectivity index (χ3n) is 4.87. The van der Waals surface area contributed by atoms with Crippen molar-refractivity contribution in [1.82, 2.24) is 5.32 Å². The Bertz CT molecular complexity index is 701. The molecule has 0 aliphatic carbocycles. The molecule has 4 heteroatoms. The van der Waals surface area contributed by atoms with Crippen LogP contribution in [0.2, 0.25) is 0 Å². The van der Waals surface area contributed by atoms with Crippen LogP contribution < -0.4 is 19.5 Å². The average Bonchev–Trinajstić information content (AvgIpc) is 2.79. The molecule has 1 aliphatic heterocycles. The lowest BCUT2D eigenvalue weighted by molar-refractivity contribution is 0.316. The molecule has 156 valence electrons. The van der Waals surface area contributed by atoms with E-state index in [0.29, 0.717) is 17.4 Å². The molecule has 0 saturated heterocycles. The Hall–Kier alpha value is -2.20. The van der Waals surface area contributed by atoms with Gasteiger partial charge in [0.25, 0.3) is 0 Å². The standard InChI is InChI=1S/C20H25NO3.2C2H6/c1-13(14-8-6-5-7-9-14)18-16-12-17(22-2)20(24-4)19(23-3)15(16)10-11-21-18;2*1-2/h5-9,12-13,18,21H,10-11H2,1-4H3;2*1-2H3. The lowest BCUT2D eigenvalue weighted by atomic mass is 9.83. The molecule has 28 heavy (non-hydrogen) atoms. The third-order valence-corrected chi connectivity index (χ3v) is 4.87. The normalized spacial score (nSPS) is 15.6. The number of fused-ring (bicyclic) bond motifs is 1. The van der Waals surface area contributed by atoms with Crippen molar-refractivity contribution in [3.05, 3.63) is 53.1 Å². The summed E-state index contributed by atoms with van der Waals surface area (Å²) in [4.78, 5) is 0. The van der Waals surface area contributed by atoms with E-state index < -0.39 is 0 Å². The van der Waals surface area contributed by atoms with Crippen molar-refractivity contribution >= 4 is 0 Å². The molecule has 3 rings (SSSR count). The minimum Gasteiger partial charge on any atom is -0.493 e. The Kier molecular flexibility index (Phi) is 10.5. The van der Waals surface area contributed by atoms with Crippen molar-refractivity contribution in [1.29, 1.82) is 0 Å². The summed E-state index contributed by atoms with van der Waals surface area (Å²) in [5.41, 5.74) is 3.75. The Morgan fingerprint density at radius 3 is 2.04 bits per heavy atom. The van der Waals surface area contributed by atoms with Gasteiger partial charge < -0.3 is 19.5 Å². The molecule has 0 bridgehead atoms. The molecule has 2 unspecified atom stereocenters. The maximum Gasteiger partial charge on any atom is 0.203 e. The van der Waals surface area contributed by atoms with E-state index in [1.807, 2.05) is 27.7 Å². The van der Waals surface area contributed by atoms with Crippen LogP contribution >= 0.6 is 0 Å². The second-order valence-corrected chi connectivity index (χ2v) is 6.09. The zero-order valence-corrected chi connectivity index (χ0v) is 18.8. The Labute approximate surface area is 171 Å². The Morgan fingerprint density at radius 2 is 1.50 bits per heavy atom. The summed E-state index contributed by atoms with van der Waals surface area (Å²) in [6, 6.07) is 12.9. The maximum atomic E-state index is 5.68. The summed E-state index contributed by atoms with van der Waals surface area (Å²) in [6.07, 6.45) is 0.914. The highest BCUT2D eigenvalue weighted by Gasteiger charge is 2.31. The Balaban J connectivity index is 0.000000921. The first-order valence-corrected chi connectivity index (χ1v) is 10.3. The summed E-state index contributed by atoms with van der Waals surface area (Å²) in [6.45, 7) is 11.2. The van der Waals surface area contributed by atoms with Crippen LogP contribution in [0.25, 0.3) is 0 Å². The number of nitrogens with one attached hydrogen (secondary N) is 1. The molecular weight excluding hydrogens is 350 g/mol. The fourth-order valence-electron chi connectivity index (χ4n) is 3.63. The SMILES string of the molecule is CC.CC.COc1cc2c(c(OC)c1OC)CCNC2C(C)c1ccccc1. The molecule has 0 spiro atoms. The van der Waals surface area contributed by atoms with E-state index in [9.17, 15) is 0 Å². The molecule has 0 radical (unpaired) electrons. The molecule has 2 aromatic rings. The van der Waals surface area contributed by atoms with Crippen LogP contribution in [0.5, 0.6) is 17.2 Å². The van der Waals surface area contributed by atoms with Crippen molar-refractivity contribution in [3.63, 3.8) is 0 Å². The largest absolute Gasteiger partial charge is 0.493 e. The molecule has 0 aromatic heterocycles. The van der Waals surface area contributed by atoms with Crippen molar-refractivity contribution in [2.24, 2.45) is 0 Å². The molecule has 2 atom stereocenters. The number of hydrogen-bond donors (Lipinski definition) is 1. The highest BCUT2D eigenvalue weighted by molar-refractivity contribution is 5.61. The minimum absolute atomic E-state index is 0.213.